The van der Waals surface area contributed by atoms with E-state index in [-0.39, 0.29) is 11.6 Å². The monoisotopic (exact) mass is 421 g/mol. The molecule has 30 heavy (non-hydrogen) atoms. The highest BCUT2D eigenvalue weighted by molar-refractivity contribution is 6.37. The standard InChI is InChI=1S/C22H16ClN3O4/c1-13-4-3-5-19(21(13)23)25-22(27)18(14(2)24-25)12-17-10-11-20(30-17)15-6-8-16(9-7-15)26(28)29/h3-12H,1-2H3. The molecule has 1 aromatic heterocycles. The molecule has 7 nitrogen and oxygen atoms in total. The van der Waals surface area contributed by atoms with Gasteiger partial charge in [-0.3, -0.25) is 14.9 Å². The molecule has 8 heteroatoms. The van der Waals surface area contributed by atoms with Gasteiger partial charge in [0, 0.05) is 17.7 Å². The largest absolute Gasteiger partial charge is 0.457 e. The fraction of sp³-hybridized carbons (Fsp3) is 0.0909. The second-order valence-electron chi connectivity index (χ2n) is 6.77. The predicted octanol–water partition coefficient (Wildman–Crippen LogP) is 5.62. The van der Waals surface area contributed by atoms with Gasteiger partial charge in [0.25, 0.3) is 11.6 Å². The van der Waals surface area contributed by atoms with Gasteiger partial charge < -0.3 is 4.42 Å². The first-order valence-electron chi connectivity index (χ1n) is 9.06. The number of aryl methyl sites for hydroxylation is 1. The number of nitrogens with zero attached hydrogens (tertiary/aromatic N) is 3. The smallest absolute Gasteiger partial charge is 0.280 e. The van der Waals surface area contributed by atoms with Gasteiger partial charge in [0.1, 0.15) is 11.5 Å². The highest BCUT2D eigenvalue weighted by Crippen LogP contribution is 2.33. The summed E-state index contributed by atoms with van der Waals surface area (Å²) >= 11 is 6.35. The summed E-state index contributed by atoms with van der Waals surface area (Å²) in [6.07, 6.45) is 1.62. The number of nitro groups is 1. The van der Waals surface area contributed by atoms with Crippen LogP contribution in [0.25, 0.3) is 17.4 Å². The molecule has 0 radical (unpaired) electrons. The van der Waals surface area contributed by atoms with Crippen LogP contribution < -0.4 is 5.01 Å². The van der Waals surface area contributed by atoms with E-state index in [1.54, 1.807) is 43.3 Å². The van der Waals surface area contributed by atoms with Crippen LogP contribution in [-0.4, -0.2) is 16.5 Å². The van der Waals surface area contributed by atoms with Crippen molar-refractivity contribution in [2.24, 2.45) is 5.10 Å². The minimum atomic E-state index is -0.457. The molecule has 1 amide bonds. The Morgan fingerprint density at radius 1 is 1.10 bits per heavy atom. The SMILES string of the molecule is CC1=NN(c2cccc(C)c2Cl)C(=O)C1=Cc1ccc(-c2ccc([N+](=O)[O-])cc2)o1. The summed E-state index contributed by atoms with van der Waals surface area (Å²) in [6.45, 7) is 3.61. The number of non-ortho nitro benzene ring substituents is 1. The van der Waals surface area contributed by atoms with E-state index in [4.69, 9.17) is 16.0 Å². The lowest BCUT2D eigenvalue weighted by Crippen LogP contribution is -2.21. The number of hydrogen-bond acceptors (Lipinski definition) is 5. The van der Waals surface area contributed by atoms with Gasteiger partial charge in [-0.05, 0) is 55.8 Å². The van der Waals surface area contributed by atoms with Crippen LogP contribution in [0.2, 0.25) is 5.02 Å². The van der Waals surface area contributed by atoms with E-state index in [1.165, 1.54) is 17.1 Å². The summed E-state index contributed by atoms with van der Waals surface area (Å²) in [4.78, 5) is 23.3. The number of benzene rings is 2. The summed E-state index contributed by atoms with van der Waals surface area (Å²) < 4.78 is 5.81. The zero-order valence-corrected chi connectivity index (χ0v) is 16.9. The number of furan rings is 1. The van der Waals surface area contributed by atoms with Crippen LogP contribution in [0.4, 0.5) is 11.4 Å². The topological polar surface area (TPSA) is 89.0 Å². The zero-order valence-electron chi connectivity index (χ0n) is 16.1. The van der Waals surface area contributed by atoms with Crippen LogP contribution in [0, 0.1) is 17.0 Å². The Morgan fingerprint density at radius 2 is 1.83 bits per heavy atom. The van der Waals surface area contributed by atoms with Crippen molar-refractivity contribution >= 4 is 40.7 Å². The summed E-state index contributed by atoms with van der Waals surface area (Å²) in [5.74, 6) is 0.710. The van der Waals surface area contributed by atoms with E-state index in [1.807, 2.05) is 19.1 Å². The van der Waals surface area contributed by atoms with E-state index < -0.39 is 4.92 Å². The Bertz CT molecular complexity index is 1230. The molecule has 1 aliphatic rings. The van der Waals surface area contributed by atoms with Crippen molar-refractivity contribution in [2.45, 2.75) is 13.8 Å². The maximum atomic E-state index is 12.9. The number of rotatable bonds is 4. The number of anilines is 1. The van der Waals surface area contributed by atoms with Gasteiger partial charge in [0.05, 0.1) is 26.9 Å². The average molecular weight is 422 g/mol. The molecule has 0 aliphatic carbocycles. The Balaban J connectivity index is 1.61. The van der Waals surface area contributed by atoms with E-state index in [9.17, 15) is 14.9 Å². The molecular weight excluding hydrogens is 406 g/mol. The molecule has 0 unspecified atom stereocenters. The van der Waals surface area contributed by atoms with E-state index in [0.717, 1.165) is 5.56 Å². The van der Waals surface area contributed by atoms with Crippen molar-refractivity contribution in [2.75, 3.05) is 5.01 Å². The molecule has 0 bridgehead atoms. The second-order valence-corrected chi connectivity index (χ2v) is 7.15. The fourth-order valence-electron chi connectivity index (χ4n) is 3.12. The van der Waals surface area contributed by atoms with Crippen LogP contribution >= 0.6 is 11.6 Å². The highest BCUT2D eigenvalue weighted by atomic mass is 35.5. The maximum absolute atomic E-state index is 12.9. The van der Waals surface area contributed by atoms with Crippen molar-refractivity contribution < 1.29 is 14.1 Å². The maximum Gasteiger partial charge on any atom is 0.280 e. The molecular formula is C22H16ClN3O4. The molecule has 0 spiro atoms. The molecule has 0 N–H and O–H groups in total. The lowest BCUT2D eigenvalue weighted by Gasteiger charge is -2.14. The van der Waals surface area contributed by atoms with Gasteiger partial charge in [0.15, 0.2) is 0 Å². The first-order valence-corrected chi connectivity index (χ1v) is 9.44. The van der Waals surface area contributed by atoms with Crippen molar-refractivity contribution in [3.8, 4) is 11.3 Å². The van der Waals surface area contributed by atoms with Gasteiger partial charge in [-0.25, -0.2) is 0 Å². The molecule has 2 aromatic carbocycles. The van der Waals surface area contributed by atoms with Crippen LogP contribution in [0.15, 0.2) is 69.7 Å². The predicted molar refractivity (Wildman–Crippen MR) is 116 cm³/mol. The molecule has 1 aliphatic heterocycles. The number of hydrogen-bond donors (Lipinski definition) is 0. The van der Waals surface area contributed by atoms with Crippen molar-refractivity contribution in [3.63, 3.8) is 0 Å². The number of halogens is 1. The summed E-state index contributed by atoms with van der Waals surface area (Å²) in [7, 11) is 0. The van der Waals surface area contributed by atoms with Crippen molar-refractivity contribution in [1.82, 2.24) is 0 Å². The van der Waals surface area contributed by atoms with E-state index in [2.05, 4.69) is 5.10 Å². The van der Waals surface area contributed by atoms with Crippen LogP contribution in [0.5, 0.6) is 0 Å². The lowest BCUT2D eigenvalue weighted by molar-refractivity contribution is -0.384. The molecule has 150 valence electrons. The first kappa shape index (κ1) is 19.6. The summed E-state index contributed by atoms with van der Waals surface area (Å²) in [6, 6.07) is 15.0. The molecule has 0 saturated heterocycles. The average Bonchev–Trinajstić information content (AvgIpc) is 3.30. The molecule has 0 fully saturated rings. The fourth-order valence-corrected chi connectivity index (χ4v) is 3.32. The Labute approximate surface area is 177 Å². The molecule has 4 rings (SSSR count). The van der Waals surface area contributed by atoms with Gasteiger partial charge in [-0.1, -0.05) is 23.7 Å². The quantitative estimate of drug-likeness (QED) is 0.310. The third-order valence-corrected chi connectivity index (χ3v) is 5.23. The van der Waals surface area contributed by atoms with E-state index in [0.29, 0.717) is 39.1 Å². The lowest BCUT2D eigenvalue weighted by atomic mass is 10.1. The number of carbonyl (C=O) groups excluding carboxylic acids is 1. The Kier molecular flexibility index (Phi) is 4.97. The number of nitro benzene ring substituents is 1. The second kappa shape index (κ2) is 7.61. The zero-order chi connectivity index (χ0) is 21.4. The molecule has 0 saturated carbocycles. The van der Waals surface area contributed by atoms with Crippen LogP contribution in [0.1, 0.15) is 18.2 Å². The number of hydrazone groups is 1. The third-order valence-electron chi connectivity index (χ3n) is 4.74. The summed E-state index contributed by atoms with van der Waals surface area (Å²) in [5.41, 5.74) is 3.02. The van der Waals surface area contributed by atoms with Gasteiger partial charge >= 0.3 is 0 Å². The number of carbonyl (C=O) groups is 1. The van der Waals surface area contributed by atoms with Gasteiger partial charge in [0.2, 0.25) is 0 Å². The highest BCUT2D eigenvalue weighted by Gasteiger charge is 2.30. The number of amides is 1. The summed E-state index contributed by atoms with van der Waals surface area (Å²) in [5, 5.41) is 16.9. The van der Waals surface area contributed by atoms with Gasteiger partial charge in [-0.15, -0.1) is 0 Å². The minimum Gasteiger partial charge on any atom is -0.457 e. The van der Waals surface area contributed by atoms with Crippen LogP contribution in [0.3, 0.4) is 0 Å². The molecule has 3 aromatic rings. The Morgan fingerprint density at radius 3 is 2.53 bits per heavy atom. The Hall–Kier alpha value is -3.71. The molecule has 2 heterocycles. The van der Waals surface area contributed by atoms with Crippen molar-refractivity contribution in [3.05, 3.63) is 86.6 Å². The third kappa shape index (κ3) is 3.51. The first-order chi connectivity index (χ1) is 14.3. The normalized spacial score (nSPS) is 15.0. The van der Waals surface area contributed by atoms with Gasteiger partial charge in [-0.2, -0.15) is 10.1 Å². The van der Waals surface area contributed by atoms with Crippen molar-refractivity contribution in [1.29, 1.82) is 0 Å². The van der Waals surface area contributed by atoms with Crippen LogP contribution in [-0.2, 0) is 4.79 Å². The molecule has 0 atom stereocenters. The minimum absolute atomic E-state index is 0.00550. The van der Waals surface area contributed by atoms with E-state index >= 15 is 0 Å².